The molecule has 0 saturated carbocycles. The predicted molar refractivity (Wildman–Crippen MR) is 71.9 cm³/mol. The van der Waals surface area contributed by atoms with E-state index in [9.17, 15) is 0 Å². The Kier molecular flexibility index (Phi) is 2.49. The number of thiophene rings is 1. The molecule has 5 nitrogen and oxygen atoms in total. The molecular formula is C12H10N4OS. The van der Waals surface area contributed by atoms with Crippen molar-refractivity contribution in [1.29, 1.82) is 0 Å². The summed E-state index contributed by atoms with van der Waals surface area (Å²) in [4.78, 5) is 5.29. The molecule has 3 rings (SSSR count). The summed E-state index contributed by atoms with van der Waals surface area (Å²) in [6.07, 6.45) is 0. The lowest BCUT2D eigenvalue weighted by molar-refractivity contribution is 0.432. The van der Waals surface area contributed by atoms with Crippen molar-refractivity contribution in [2.75, 3.05) is 11.5 Å². The van der Waals surface area contributed by atoms with Gasteiger partial charge in [0.25, 0.3) is 5.89 Å². The minimum atomic E-state index is 0.414. The van der Waals surface area contributed by atoms with Gasteiger partial charge in [0.2, 0.25) is 5.82 Å². The first-order chi connectivity index (χ1) is 8.72. The fourth-order valence-electron chi connectivity index (χ4n) is 1.65. The molecule has 18 heavy (non-hydrogen) atoms. The van der Waals surface area contributed by atoms with E-state index in [2.05, 4.69) is 10.1 Å². The van der Waals surface area contributed by atoms with Gasteiger partial charge in [0.15, 0.2) is 0 Å². The van der Waals surface area contributed by atoms with Gasteiger partial charge in [0, 0.05) is 16.9 Å². The highest BCUT2D eigenvalue weighted by Crippen LogP contribution is 2.27. The number of benzene rings is 1. The molecule has 0 saturated heterocycles. The highest BCUT2D eigenvalue weighted by atomic mass is 32.1. The lowest BCUT2D eigenvalue weighted by Crippen LogP contribution is -1.91. The third-order valence-electron chi connectivity index (χ3n) is 2.39. The Labute approximate surface area is 107 Å². The van der Waals surface area contributed by atoms with Crippen LogP contribution in [0.1, 0.15) is 0 Å². The van der Waals surface area contributed by atoms with Gasteiger partial charge in [-0.3, -0.25) is 0 Å². The minimum absolute atomic E-state index is 0.414. The maximum atomic E-state index is 5.73. The molecule has 4 N–H and O–H groups in total. The smallest absolute Gasteiger partial charge is 0.258 e. The van der Waals surface area contributed by atoms with Crippen molar-refractivity contribution in [1.82, 2.24) is 10.1 Å². The van der Waals surface area contributed by atoms with Crippen LogP contribution in [0, 0.1) is 0 Å². The van der Waals surface area contributed by atoms with E-state index < -0.39 is 0 Å². The molecule has 0 spiro atoms. The summed E-state index contributed by atoms with van der Waals surface area (Å²) >= 11 is 1.56. The number of rotatable bonds is 2. The lowest BCUT2D eigenvalue weighted by Gasteiger charge is -1.99. The molecule has 90 valence electrons. The number of hydrogen-bond donors (Lipinski definition) is 2. The van der Waals surface area contributed by atoms with E-state index in [0.717, 1.165) is 10.4 Å². The molecule has 2 heterocycles. The topological polar surface area (TPSA) is 91.0 Å². The van der Waals surface area contributed by atoms with Gasteiger partial charge in [-0.1, -0.05) is 11.2 Å². The van der Waals surface area contributed by atoms with Gasteiger partial charge < -0.3 is 16.0 Å². The number of nitrogen functional groups attached to an aromatic ring is 2. The molecule has 3 aromatic rings. The van der Waals surface area contributed by atoms with E-state index in [1.807, 2.05) is 17.5 Å². The molecule has 0 fully saturated rings. The average Bonchev–Trinajstić information content (AvgIpc) is 2.99. The second-order valence-electron chi connectivity index (χ2n) is 3.79. The maximum Gasteiger partial charge on any atom is 0.258 e. The number of anilines is 2. The van der Waals surface area contributed by atoms with Crippen LogP contribution in [0.3, 0.4) is 0 Å². The van der Waals surface area contributed by atoms with Crippen LogP contribution in [0.4, 0.5) is 11.4 Å². The van der Waals surface area contributed by atoms with E-state index in [0.29, 0.717) is 23.1 Å². The van der Waals surface area contributed by atoms with Gasteiger partial charge in [-0.05, 0) is 29.6 Å². The Balaban J connectivity index is 2.03. The van der Waals surface area contributed by atoms with Crippen molar-refractivity contribution in [3.8, 4) is 22.2 Å². The summed E-state index contributed by atoms with van der Waals surface area (Å²) in [7, 11) is 0. The minimum Gasteiger partial charge on any atom is -0.399 e. The second-order valence-corrected chi connectivity index (χ2v) is 4.74. The Morgan fingerprint density at radius 3 is 2.56 bits per heavy atom. The van der Waals surface area contributed by atoms with Gasteiger partial charge in [-0.15, -0.1) is 11.3 Å². The summed E-state index contributed by atoms with van der Waals surface area (Å²) in [5, 5.41) is 5.90. The van der Waals surface area contributed by atoms with Crippen molar-refractivity contribution in [2.45, 2.75) is 0 Å². The zero-order chi connectivity index (χ0) is 12.5. The molecule has 6 heteroatoms. The molecule has 0 amide bonds. The summed E-state index contributed by atoms with van der Waals surface area (Å²) < 4.78 is 5.22. The van der Waals surface area contributed by atoms with E-state index in [4.69, 9.17) is 16.0 Å². The molecular weight excluding hydrogens is 248 g/mol. The van der Waals surface area contributed by atoms with E-state index in [-0.39, 0.29) is 0 Å². The zero-order valence-electron chi connectivity index (χ0n) is 9.33. The van der Waals surface area contributed by atoms with E-state index >= 15 is 0 Å². The van der Waals surface area contributed by atoms with Crippen LogP contribution in [-0.2, 0) is 0 Å². The third-order valence-corrected chi connectivity index (χ3v) is 3.26. The first-order valence-electron chi connectivity index (χ1n) is 5.26. The maximum absolute atomic E-state index is 5.73. The summed E-state index contributed by atoms with van der Waals surface area (Å²) in [6, 6.07) is 9.06. The quantitative estimate of drug-likeness (QED) is 0.689. The van der Waals surface area contributed by atoms with Crippen molar-refractivity contribution in [3.05, 3.63) is 35.7 Å². The van der Waals surface area contributed by atoms with Crippen molar-refractivity contribution in [2.24, 2.45) is 0 Å². The molecule has 2 aromatic heterocycles. The Bertz CT molecular complexity index is 655. The SMILES string of the molecule is Nc1cc(N)cc(-c2nc(-c3cccs3)no2)c1. The number of aromatic nitrogens is 2. The van der Waals surface area contributed by atoms with Crippen molar-refractivity contribution >= 4 is 22.7 Å². The Morgan fingerprint density at radius 1 is 1.11 bits per heavy atom. The first kappa shape index (κ1) is 10.8. The second kappa shape index (κ2) is 4.15. The molecule has 0 aliphatic rings. The lowest BCUT2D eigenvalue weighted by atomic mass is 10.2. The van der Waals surface area contributed by atoms with Crippen LogP contribution in [0.5, 0.6) is 0 Å². The number of hydrogen-bond acceptors (Lipinski definition) is 6. The predicted octanol–water partition coefficient (Wildman–Crippen LogP) is 2.63. The summed E-state index contributed by atoms with van der Waals surface area (Å²) in [5.74, 6) is 0.985. The monoisotopic (exact) mass is 258 g/mol. The van der Waals surface area contributed by atoms with Gasteiger partial charge in [-0.25, -0.2) is 0 Å². The molecule has 0 unspecified atom stereocenters. The molecule has 0 aliphatic heterocycles. The van der Waals surface area contributed by atoms with Crippen molar-refractivity contribution < 1.29 is 4.52 Å². The zero-order valence-corrected chi connectivity index (χ0v) is 10.1. The van der Waals surface area contributed by atoms with Gasteiger partial charge in [0.05, 0.1) is 4.88 Å². The van der Waals surface area contributed by atoms with Crippen LogP contribution >= 0.6 is 11.3 Å². The molecule has 0 atom stereocenters. The van der Waals surface area contributed by atoms with Gasteiger partial charge >= 0.3 is 0 Å². The highest BCUT2D eigenvalue weighted by Gasteiger charge is 2.11. The van der Waals surface area contributed by atoms with Crippen LogP contribution in [0.25, 0.3) is 22.2 Å². The molecule has 1 aromatic carbocycles. The van der Waals surface area contributed by atoms with Gasteiger partial charge in [-0.2, -0.15) is 4.98 Å². The third kappa shape index (κ3) is 1.93. The number of nitrogens with two attached hydrogens (primary N) is 2. The Hall–Kier alpha value is -2.34. The summed E-state index contributed by atoms with van der Waals surface area (Å²) in [6.45, 7) is 0. The van der Waals surface area contributed by atoms with Crippen LogP contribution in [0.15, 0.2) is 40.2 Å². The molecule has 0 radical (unpaired) electrons. The molecule has 0 aliphatic carbocycles. The van der Waals surface area contributed by atoms with E-state index in [1.165, 1.54) is 0 Å². The standard InChI is InChI=1S/C12H10N4OS/c13-8-4-7(5-9(14)6-8)12-15-11(16-17-12)10-2-1-3-18-10/h1-6H,13-14H2. The summed E-state index contributed by atoms with van der Waals surface area (Å²) in [5.41, 5.74) is 13.3. The normalized spacial score (nSPS) is 10.7. The van der Waals surface area contributed by atoms with Crippen molar-refractivity contribution in [3.63, 3.8) is 0 Å². The number of nitrogens with zero attached hydrogens (tertiary/aromatic N) is 2. The fraction of sp³-hybridized carbons (Fsp3) is 0. The molecule has 0 bridgehead atoms. The average molecular weight is 258 g/mol. The highest BCUT2D eigenvalue weighted by molar-refractivity contribution is 7.13. The first-order valence-corrected chi connectivity index (χ1v) is 6.14. The largest absolute Gasteiger partial charge is 0.399 e. The Morgan fingerprint density at radius 2 is 1.89 bits per heavy atom. The van der Waals surface area contributed by atoms with E-state index in [1.54, 1.807) is 29.5 Å². The fourth-order valence-corrected chi connectivity index (χ4v) is 2.30. The van der Waals surface area contributed by atoms with Crippen LogP contribution < -0.4 is 11.5 Å². The van der Waals surface area contributed by atoms with Crippen LogP contribution in [-0.4, -0.2) is 10.1 Å². The van der Waals surface area contributed by atoms with Gasteiger partial charge in [0.1, 0.15) is 0 Å². The van der Waals surface area contributed by atoms with Crippen LogP contribution in [0.2, 0.25) is 0 Å².